The van der Waals surface area contributed by atoms with Crippen LogP contribution in [0.5, 0.6) is 5.88 Å². The normalized spacial score (nSPS) is 17.5. The Bertz CT molecular complexity index is 328. The van der Waals surface area contributed by atoms with Gasteiger partial charge in [0, 0.05) is 17.4 Å². The van der Waals surface area contributed by atoms with E-state index < -0.39 is 0 Å². The molecule has 0 radical (unpaired) electrons. The molecule has 1 aromatic rings. The van der Waals surface area contributed by atoms with E-state index in [1.165, 1.54) is 12.8 Å². The molecule has 1 unspecified atom stereocenters. The second-order valence-corrected chi connectivity index (χ2v) is 5.02. The summed E-state index contributed by atoms with van der Waals surface area (Å²) in [4.78, 5) is 9.07. The fourth-order valence-corrected chi connectivity index (χ4v) is 2.39. The van der Waals surface area contributed by atoms with E-state index in [9.17, 15) is 0 Å². The Labute approximate surface area is 98.4 Å². The standard InChI is InChI=1S/C11H15BrN2O/c1-2-15-11-7-13-6-9(14-11)5-10(12)8-3-4-8/h6-8,10H,2-5H2,1H3. The minimum atomic E-state index is 0.545. The lowest BCUT2D eigenvalue weighted by Crippen LogP contribution is -2.07. The molecule has 0 saturated heterocycles. The van der Waals surface area contributed by atoms with Gasteiger partial charge in [0.2, 0.25) is 5.88 Å². The van der Waals surface area contributed by atoms with Gasteiger partial charge in [-0.3, -0.25) is 4.98 Å². The lowest BCUT2D eigenvalue weighted by Gasteiger charge is -2.08. The van der Waals surface area contributed by atoms with E-state index in [-0.39, 0.29) is 0 Å². The zero-order valence-corrected chi connectivity index (χ0v) is 10.4. The van der Waals surface area contributed by atoms with Crippen molar-refractivity contribution in [3.8, 4) is 5.88 Å². The summed E-state index contributed by atoms with van der Waals surface area (Å²) in [5.74, 6) is 1.47. The highest BCUT2D eigenvalue weighted by molar-refractivity contribution is 9.09. The first-order chi connectivity index (χ1) is 7.29. The monoisotopic (exact) mass is 270 g/mol. The van der Waals surface area contributed by atoms with E-state index in [0.29, 0.717) is 17.3 Å². The molecule has 1 aliphatic rings. The number of nitrogens with zero attached hydrogens (tertiary/aromatic N) is 2. The first-order valence-corrected chi connectivity index (χ1v) is 6.29. The lowest BCUT2D eigenvalue weighted by molar-refractivity contribution is 0.324. The van der Waals surface area contributed by atoms with Crippen molar-refractivity contribution in [1.29, 1.82) is 0 Å². The number of ether oxygens (including phenoxy) is 1. The molecule has 1 heterocycles. The van der Waals surface area contributed by atoms with E-state index in [2.05, 4.69) is 25.9 Å². The number of hydrogen-bond acceptors (Lipinski definition) is 3. The van der Waals surface area contributed by atoms with Gasteiger partial charge in [-0.2, -0.15) is 0 Å². The van der Waals surface area contributed by atoms with Gasteiger partial charge in [0.25, 0.3) is 0 Å². The summed E-state index contributed by atoms with van der Waals surface area (Å²) in [5, 5.41) is 0. The topological polar surface area (TPSA) is 35.0 Å². The minimum Gasteiger partial charge on any atom is -0.477 e. The molecule has 2 rings (SSSR count). The second-order valence-electron chi connectivity index (χ2n) is 3.84. The van der Waals surface area contributed by atoms with Gasteiger partial charge in [-0.1, -0.05) is 15.9 Å². The SMILES string of the molecule is CCOc1cncc(CC(Br)C2CC2)n1. The molecular formula is C11H15BrN2O. The Hall–Kier alpha value is -0.640. The molecule has 3 nitrogen and oxygen atoms in total. The van der Waals surface area contributed by atoms with Crippen molar-refractivity contribution in [2.75, 3.05) is 6.61 Å². The van der Waals surface area contributed by atoms with E-state index in [1.54, 1.807) is 6.20 Å². The third kappa shape index (κ3) is 3.16. The highest BCUT2D eigenvalue weighted by Gasteiger charge is 2.29. The van der Waals surface area contributed by atoms with Gasteiger partial charge in [0.1, 0.15) is 0 Å². The molecule has 1 atom stereocenters. The average molecular weight is 271 g/mol. The summed E-state index contributed by atoms with van der Waals surface area (Å²) in [6.07, 6.45) is 7.11. The quantitative estimate of drug-likeness (QED) is 0.772. The highest BCUT2D eigenvalue weighted by atomic mass is 79.9. The summed E-state index contributed by atoms with van der Waals surface area (Å²) < 4.78 is 5.32. The fraction of sp³-hybridized carbons (Fsp3) is 0.636. The van der Waals surface area contributed by atoms with Gasteiger partial charge in [0.15, 0.2) is 0 Å². The molecule has 1 saturated carbocycles. The predicted octanol–water partition coefficient (Wildman–Crippen LogP) is 2.59. The van der Waals surface area contributed by atoms with Crippen LogP contribution >= 0.6 is 15.9 Å². The molecule has 1 aromatic heterocycles. The smallest absolute Gasteiger partial charge is 0.232 e. The van der Waals surface area contributed by atoms with Crippen LogP contribution in [0.3, 0.4) is 0 Å². The number of rotatable bonds is 5. The molecule has 0 bridgehead atoms. The summed E-state index contributed by atoms with van der Waals surface area (Å²) in [7, 11) is 0. The van der Waals surface area contributed by atoms with Crippen LogP contribution in [-0.2, 0) is 6.42 Å². The van der Waals surface area contributed by atoms with Crippen molar-refractivity contribution in [3.63, 3.8) is 0 Å². The number of halogens is 1. The van der Waals surface area contributed by atoms with Crippen molar-refractivity contribution in [2.45, 2.75) is 31.0 Å². The van der Waals surface area contributed by atoms with Crippen LogP contribution in [0.15, 0.2) is 12.4 Å². The summed E-state index contributed by atoms with van der Waals surface area (Å²) >= 11 is 3.70. The Morgan fingerprint density at radius 3 is 3.00 bits per heavy atom. The van der Waals surface area contributed by atoms with Crippen molar-refractivity contribution in [1.82, 2.24) is 9.97 Å². The first kappa shape index (κ1) is 10.9. The molecule has 4 heteroatoms. The summed E-state index contributed by atoms with van der Waals surface area (Å²) in [6.45, 7) is 2.59. The molecule has 0 aromatic carbocycles. The molecule has 1 aliphatic carbocycles. The largest absolute Gasteiger partial charge is 0.477 e. The Morgan fingerprint density at radius 1 is 1.53 bits per heavy atom. The van der Waals surface area contributed by atoms with Crippen LogP contribution in [0, 0.1) is 5.92 Å². The third-order valence-corrected chi connectivity index (χ3v) is 3.56. The van der Waals surface area contributed by atoms with Crippen molar-refractivity contribution in [3.05, 3.63) is 18.1 Å². The van der Waals surface area contributed by atoms with Gasteiger partial charge in [-0.15, -0.1) is 0 Å². The van der Waals surface area contributed by atoms with Crippen LogP contribution in [0.25, 0.3) is 0 Å². The Kier molecular flexibility index (Phi) is 3.57. The molecular weight excluding hydrogens is 256 g/mol. The van der Waals surface area contributed by atoms with E-state index in [4.69, 9.17) is 4.74 Å². The van der Waals surface area contributed by atoms with E-state index in [0.717, 1.165) is 18.0 Å². The Morgan fingerprint density at radius 2 is 2.33 bits per heavy atom. The molecule has 82 valence electrons. The van der Waals surface area contributed by atoms with Crippen LogP contribution in [-0.4, -0.2) is 21.4 Å². The molecule has 15 heavy (non-hydrogen) atoms. The zero-order valence-electron chi connectivity index (χ0n) is 8.82. The maximum atomic E-state index is 5.32. The van der Waals surface area contributed by atoms with Crippen molar-refractivity contribution < 1.29 is 4.74 Å². The van der Waals surface area contributed by atoms with Gasteiger partial charge in [-0.05, 0) is 25.7 Å². The third-order valence-electron chi connectivity index (χ3n) is 2.49. The lowest BCUT2D eigenvalue weighted by atomic mass is 10.2. The summed E-state index contributed by atoms with van der Waals surface area (Å²) in [5.41, 5.74) is 1.01. The molecule has 0 spiro atoms. The second kappa shape index (κ2) is 4.92. The maximum absolute atomic E-state index is 5.32. The number of hydrogen-bond donors (Lipinski definition) is 0. The van der Waals surface area contributed by atoms with Crippen molar-refractivity contribution >= 4 is 15.9 Å². The summed E-state index contributed by atoms with van der Waals surface area (Å²) in [6, 6.07) is 0. The molecule has 0 N–H and O–H groups in total. The van der Waals surface area contributed by atoms with Crippen LogP contribution < -0.4 is 4.74 Å². The van der Waals surface area contributed by atoms with Gasteiger partial charge < -0.3 is 4.74 Å². The van der Waals surface area contributed by atoms with Gasteiger partial charge in [-0.25, -0.2) is 4.98 Å². The fourth-order valence-electron chi connectivity index (χ4n) is 1.53. The predicted molar refractivity (Wildman–Crippen MR) is 62.3 cm³/mol. The minimum absolute atomic E-state index is 0.545. The maximum Gasteiger partial charge on any atom is 0.232 e. The highest BCUT2D eigenvalue weighted by Crippen LogP contribution is 2.37. The van der Waals surface area contributed by atoms with Gasteiger partial charge >= 0.3 is 0 Å². The van der Waals surface area contributed by atoms with E-state index >= 15 is 0 Å². The zero-order chi connectivity index (χ0) is 10.7. The van der Waals surface area contributed by atoms with Crippen molar-refractivity contribution in [2.24, 2.45) is 5.92 Å². The number of aromatic nitrogens is 2. The average Bonchev–Trinajstić information content (AvgIpc) is 3.01. The Balaban J connectivity index is 1.97. The molecule has 0 aliphatic heterocycles. The molecule has 1 fully saturated rings. The van der Waals surface area contributed by atoms with Crippen LogP contribution in [0.1, 0.15) is 25.5 Å². The molecule has 0 amide bonds. The van der Waals surface area contributed by atoms with Gasteiger partial charge in [0.05, 0.1) is 18.5 Å². The first-order valence-electron chi connectivity index (χ1n) is 5.37. The number of alkyl halides is 1. The van der Waals surface area contributed by atoms with Crippen LogP contribution in [0.2, 0.25) is 0 Å². The van der Waals surface area contributed by atoms with E-state index in [1.807, 2.05) is 13.1 Å². The van der Waals surface area contributed by atoms with Crippen LogP contribution in [0.4, 0.5) is 0 Å².